The van der Waals surface area contributed by atoms with E-state index < -0.39 is 0 Å². The molecule has 16 heavy (non-hydrogen) atoms. The highest BCUT2D eigenvalue weighted by Crippen LogP contribution is 2.68. The summed E-state index contributed by atoms with van der Waals surface area (Å²) in [4.78, 5) is 12.0. The zero-order valence-electron chi connectivity index (χ0n) is 11.1. The molecule has 1 fully saturated rings. The molecule has 0 spiro atoms. The van der Waals surface area contributed by atoms with E-state index in [0.29, 0.717) is 6.54 Å². The fourth-order valence-electron chi connectivity index (χ4n) is 2.40. The Balaban J connectivity index is 2.44. The molecule has 1 N–H and O–H groups in total. The van der Waals surface area contributed by atoms with Gasteiger partial charge in [0.1, 0.15) is 0 Å². The van der Waals surface area contributed by atoms with Gasteiger partial charge in [-0.1, -0.05) is 27.7 Å². The molecule has 1 aliphatic rings. The van der Waals surface area contributed by atoms with Gasteiger partial charge in [-0.05, 0) is 10.8 Å². The molecule has 0 aliphatic heterocycles. The summed E-state index contributed by atoms with van der Waals surface area (Å²) in [7, 11) is 3.12. The number of amides is 1. The lowest BCUT2D eigenvalue weighted by molar-refractivity contribution is -0.129. The third-order valence-corrected chi connectivity index (χ3v) is 4.25. The highest BCUT2D eigenvalue weighted by Gasteiger charge is 2.68. The first-order valence-corrected chi connectivity index (χ1v) is 5.62. The van der Waals surface area contributed by atoms with Crippen LogP contribution >= 0.6 is 0 Å². The van der Waals surface area contributed by atoms with E-state index in [4.69, 9.17) is 9.47 Å². The molecule has 0 heterocycles. The summed E-state index contributed by atoms with van der Waals surface area (Å²) in [5.74, 6) is 0.170. The summed E-state index contributed by atoms with van der Waals surface area (Å²) in [5, 5.41) is 2.87. The Hall–Kier alpha value is -0.610. The van der Waals surface area contributed by atoms with Gasteiger partial charge in [-0.25, -0.2) is 0 Å². The molecule has 0 aromatic carbocycles. The van der Waals surface area contributed by atoms with Gasteiger partial charge < -0.3 is 14.8 Å². The van der Waals surface area contributed by atoms with E-state index in [-0.39, 0.29) is 28.9 Å². The smallest absolute Gasteiger partial charge is 0.224 e. The van der Waals surface area contributed by atoms with Crippen molar-refractivity contribution in [2.24, 2.45) is 16.7 Å². The number of nitrogens with one attached hydrogen (secondary N) is 1. The first-order valence-electron chi connectivity index (χ1n) is 5.62. The van der Waals surface area contributed by atoms with E-state index in [1.807, 2.05) is 0 Å². The molecule has 1 rings (SSSR count). The van der Waals surface area contributed by atoms with Crippen molar-refractivity contribution < 1.29 is 14.3 Å². The van der Waals surface area contributed by atoms with E-state index in [1.54, 1.807) is 14.2 Å². The average Bonchev–Trinajstić information content (AvgIpc) is 2.59. The first kappa shape index (κ1) is 13.5. The molecule has 0 atom stereocenters. The minimum Gasteiger partial charge on any atom is -0.354 e. The second-order valence-corrected chi connectivity index (χ2v) is 5.52. The average molecular weight is 229 g/mol. The van der Waals surface area contributed by atoms with Gasteiger partial charge in [-0.15, -0.1) is 0 Å². The van der Waals surface area contributed by atoms with E-state index in [9.17, 15) is 4.79 Å². The van der Waals surface area contributed by atoms with Gasteiger partial charge in [-0.3, -0.25) is 4.79 Å². The molecule has 1 amide bonds. The minimum atomic E-state index is -0.367. The summed E-state index contributed by atoms with van der Waals surface area (Å²) in [6.45, 7) is 8.90. The zero-order chi connectivity index (χ0) is 12.6. The summed E-state index contributed by atoms with van der Waals surface area (Å²) < 4.78 is 10.0. The number of hydrogen-bond acceptors (Lipinski definition) is 3. The Morgan fingerprint density at radius 1 is 1.19 bits per heavy atom. The first-order chi connectivity index (χ1) is 7.29. The van der Waals surface area contributed by atoms with Crippen LogP contribution < -0.4 is 5.32 Å². The van der Waals surface area contributed by atoms with E-state index in [1.165, 1.54) is 0 Å². The van der Waals surface area contributed by atoms with E-state index in [2.05, 4.69) is 33.0 Å². The van der Waals surface area contributed by atoms with Crippen molar-refractivity contribution in [1.82, 2.24) is 5.32 Å². The molecule has 1 saturated carbocycles. The molecule has 4 nitrogen and oxygen atoms in total. The SMILES string of the molecule is COC(CNC(=O)C1C(C)(C)C1(C)C)OC. The predicted octanol–water partition coefficient (Wildman–Crippen LogP) is 1.40. The molecule has 1 aliphatic carbocycles. The molecule has 0 radical (unpaired) electrons. The van der Waals surface area contributed by atoms with Crippen LogP contribution in [0.4, 0.5) is 0 Å². The third kappa shape index (κ3) is 2.09. The summed E-state index contributed by atoms with van der Waals surface area (Å²) in [6.07, 6.45) is -0.367. The fraction of sp³-hybridized carbons (Fsp3) is 0.917. The number of hydrogen-bond donors (Lipinski definition) is 1. The van der Waals surface area contributed by atoms with Crippen molar-refractivity contribution in [2.45, 2.75) is 34.0 Å². The molecular formula is C12H23NO3. The van der Waals surface area contributed by atoms with Crippen molar-refractivity contribution >= 4 is 5.91 Å². The molecule has 0 saturated heterocycles. The third-order valence-electron chi connectivity index (χ3n) is 4.25. The lowest BCUT2D eigenvalue weighted by atomic mass is 10.0. The standard InChI is InChI=1S/C12H23NO3/c1-11(2)9(12(11,3)4)10(14)13-7-8(15-5)16-6/h8-9H,7H2,1-6H3,(H,13,14). The molecule has 4 heteroatoms. The molecule has 94 valence electrons. The second-order valence-electron chi connectivity index (χ2n) is 5.52. The van der Waals surface area contributed by atoms with Crippen LogP contribution in [-0.2, 0) is 14.3 Å². The van der Waals surface area contributed by atoms with Crippen molar-refractivity contribution in [3.05, 3.63) is 0 Å². The van der Waals surface area contributed by atoms with Gasteiger partial charge in [0.15, 0.2) is 6.29 Å². The Labute approximate surface area is 97.7 Å². The fourth-order valence-corrected chi connectivity index (χ4v) is 2.40. The highest BCUT2D eigenvalue weighted by atomic mass is 16.7. The topological polar surface area (TPSA) is 47.6 Å². The highest BCUT2D eigenvalue weighted by molar-refractivity contribution is 5.84. The quantitative estimate of drug-likeness (QED) is 0.725. The van der Waals surface area contributed by atoms with Crippen molar-refractivity contribution in [3.8, 4) is 0 Å². The largest absolute Gasteiger partial charge is 0.354 e. The second kappa shape index (κ2) is 4.34. The summed E-state index contributed by atoms with van der Waals surface area (Å²) in [6, 6.07) is 0. The Bertz CT molecular complexity index is 255. The molecule has 0 bridgehead atoms. The van der Waals surface area contributed by atoms with Gasteiger partial charge in [0.05, 0.1) is 6.54 Å². The number of methoxy groups -OCH3 is 2. The maximum absolute atomic E-state index is 12.0. The molecule has 0 aromatic rings. The number of carbonyl (C=O) groups is 1. The zero-order valence-corrected chi connectivity index (χ0v) is 11.1. The van der Waals surface area contributed by atoms with Crippen LogP contribution in [-0.4, -0.2) is 33.0 Å². The van der Waals surface area contributed by atoms with Crippen molar-refractivity contribution in [3.63, 3.8) is 0 Å². The van der Waals surface area contributed by atoms with E-state index >= 15 is 0 Å². The van der Waals surface area contributed by atoms with Crippen molar-refractivity contribution in [1.29, 1.82) is 0 Å². The summed E-state index contributed by atoms with van der Waals surface area (Å²) in [5.41, 5.74) is 0.152. The van der Waals surface area contributed by atoms with Gasteiger partial charge in [-0.2, -0.15) is 0 Å². The molecule has 0 unspecified atom stereocenters. The van der Waals surface area contributed by atoms with Gasteiger partial charge in [0.2, 0.25) is 5.91 Å². The Kier molecular flexibility index (Phi) is 3.65. The van der Waals surface area contributed by atoms with Gasteiger partial charge in [0, 0.05) is 20.1 Å². The van der Waals surface area contributed by atoms with Crippen LogP contribution in [0.2, 0.25) is 0 Å². The summed E-state index contributed by atoms with van der Waals surface area (Å²) >= 11 is 0. The maximum atomic E-state index is 12.0. The van der Waals surface area contributed by atoms with Crippen LogP contribution in [0.5, 0.6) is 0 Å². The van der Waals surface area contributed by atoms with Crippen LogP contribution in [0.15, 0.2) is 0 Å². The van der Waals surface area contributed by atoms with E-state index in [0.717, 1.165) is 0 Å². The number of rotatable bonds is 5. The van der Waals surface area contributed by atoms with Crippen LogP contribution in [0, 0.1) is 16.7 Å². The van der Waals surface area contributed by atoms with Crippen LogP contribution in [0.25, 0.3) is 0 Å². The number of ether oxygens (including phenoxy) is 2. The van der Waals surface area contributed by atoms with Crippen LogP contribution in [0.3, 0.4) is 0 Å². The molecule has 0 aromatic heterocycles. The predicted molar refractivity (Wildman–Crippen MR) is 61.9 cm³/mol. The normalized spacial score (nSPS) is 22.2. The Morgan fingerprint density at radius 3 is 1.94 bits per heavy atom. The minimum absolute atomic E-state index is 0.0761. The maximum Gasteiger partial charge on any atom is 0.224 e. The van der Waals surface area contributed by atoms with Gasteiger partial charge >= 0.3 is 0 Å². The van der Waals surface area contributed by atoms with Crippen molar-refractivity contribution in [2.75, 3.05) is 20.8 Å². The monoisotopic (exact) mass is 229 g/mol. The van der Waals surface area contributed by atoms with Crippen LogP contribution in [0.1, 0.15) is 27.7 Å². The molecular weight excluding hydrogens is 206 g/mol. The lowest BCUT2D eigenvalue weighted by Crippen LogP contribution is -2.36. The van der Waals surface area contributed by atoms with Gasteiger partial charge in [0.25, 0.3) is 0 Å². The number of carbonyl (C=O) groups excluding carboxylic acids is 1. The lowest BCUT2D eigenvalue weighted by Gasteiger charge is -2.14. The Morgan fingerprint density at radius 2 is 1.62 bits per heavy atom.